The van der Waals surface area contributed by atoms with Crippen molar-refractivity contribution in [3.8, 4) is 0 Å². The quantitative estimate of drug-likeness (QED) is 0.177. The average Bonchev–Trinajstić information content (AvgIpc) is 3.46. The number of fused-ring (bicyclic) bond motifs is 1. The lowest BCUT2D eigenvalue weighted by Crippen LogP contribution is -2.40. The van der Waals surface area contributed by atoms with Gasteiger partial charge in [0.15, 0.2) is 11.6 Å². The number of thiol groups is 1. The van der Waals surface area contributed by atoms with Gasteiger partial charge in [0, 0.05) is 25.7 Å². The Labute approximate surface area is 242 Å². The number of nitrogens with zero attached hydrogens (tertiary/aromatic N) is 5. The minimum Gasteiger partial charge on any atom is -0.372 e. The van der Waals surface area contributed by atoms with Gasteiger partial charge in [-0.05, 0) is 56.7 Å². The Morgan fingerprint density at radius 1 is 1.10 bits per heavy atom. The van der Waals surface area contributed by atoms with Gasteiger partial charge in [-0.25, -0.2) is 15.0 Å². The maximum atomic E-state index is 8.99. The van der Waals surface area contributed by atoms with Gasteiger partial charge in [-0.3, -0.25) is 10.4 Å². The first kappa shape index (κ1) is 30.8. The molecular formula is C28H42ClN9S. The molecule has 1 saturated carbocycles. The Morgan fingerprint density at radius 2 is 1.77 bits per heavy atom. The summed E-state index contributed by atoms with van der Waals surface area (Å²) in [4.78, 5) is 21.1. The summed E-state index contributed by atoms with van der Waals surface area (Å²) in [6, 6.07) is 3.61. The number of aromatic nitrogens is 4. The molecule has 9 nitrogen and oxygen atoms in total. The van der Waals surface area contributed by atoms with Crippen LogP contribution in [-0.4, -0.2) is 52.8 Å². The third-order valence-electron chi connectivity index (χ3n) is 7.59. The molecule has 0 bridgehead atoms. The molecule has 3 heterocycles. The van der Waals surface area contributed by atoms with E-state index in [1.165, 1.54) is 45.6 Å². The first-order chi connectivity index (χ1) is 19.0. The molecule has 0 amide bonds. The van der Waals surface area contributed by atoms with Gasteiger partial charge >= 0.3 is 0 Å². The van der Waals surface area contributed by atoms with Gasteiger partial charge in [0.25, 0.3) is 0 Å². The highest BCUT2D eigenvalue weighted by Crippen LogP contribution is 2.46. The Hall–Kier alpha value is -2.69. The lowest BCUT2D eigenvalue weighted by atomic mass is 9.77. The first-order valence-corrected chi connectivity index (χ1v) is 14.7. The number of nitrogens with two attached hydrogens (primary N) is 1. The van der Waals surface area contributed by atoms with Crippen LogP contribution in [-0.2, 0) is 6.42 Å². The van der Waals surface area contributed by atoms with Gasteiger partial charge in [0.2, 0.25) is 0 Å². The zero-order valence-corrected chi connectivity index (χ0v) is 25.4. The van der Waals surface area contributed by atoms with Gasteiger partial charge in [-0.2, -0.15) is 0 Å². The van der Waals surface area contributed by atoms with Crippen molar-refractivity contribution in [2.24, 2.45) is 11.1 Å². The van der Waals surface area contributed by atoms with Gasteiger partial charge in [-0.1, -0.05) is 58.0 Å². The van der Waals surface area contributed by atoms with E-state index in [2.05, 4.69) is 50.4 Å². The van der Waals surface area contributed by atoms with E-state index in [-0.39, 0.29) is 5.71 Å². The number of aryl methyl sites for hydroxylation is 1. The molecule has 2 aromatic heterocycles. The van der Waals surface area contributed by atoms with E-state index >= 15 is 0 Å². The number of hydrogen-bond acceptors (Lipinski definition) is 10. The number of benzene rings is 1. The van der Waals surface area contributed by atoms with Gasteiger partial charge in [0.05, 0.1) is 28.1 Å². The van der Waals surface area contributed by atoms with E-state index in [1.54, 1.807) is 19.3 Å². The lowest BCUT2D eigenvalue weighted by Gasteiger charge is -2.40. The summed E-state index contributed by atoms with van der Waals surface area (Å²) in [5.41, 5.74) is 8.23. The molecule has 5 rings (SSSR count). The third-order valence-corrected chi connectivity index (χ3v) is 8.19. The van der Waals surface area contributed by atoms with Crippen LogP contribution < -0.4 is 20.7 Å². The minimum atomic E-state index is 0.169. The molecule has 2 aliphatic rings. The number of piperidine rings is 1. The van der Waals surface area contributed by atoms with Crippen LogP contribution in [0.25, 0.3) is 11.0 Å². The van der Waals surface area contributed by atoms with Crippen LogP contribution >= 0.6 is 24.4 Å². The van der Waals surface area contributed by atoms with E-state index in [0.29, 0.717) is 44.4 Å². The van der Waals surface area contributed by atoms with Crippen LogP contribution in [0, 0.1) is 10.8 Å². The van der Waals surface area contributed by atoms with E-state index in [1.807, 2.05) is 19.9 Å². The van der Waals surface area contributed by atoms with Crippen LogP contribution in [0.2, 0.25) is 5.02 Å². The maximum Gasteiger partial charge on any atom is 0.166 e. The molecule has 1 aliphatic carbocycles. The number of rotatable bonds is 6. The Morgan fingerprint density at radius 3 is 2.36 bits per heavy atom. The predicted octanol–water partition coefficient (Wildman–Crippen LogP) is 6.11. The fourth-order valence-corrected chi connectivity index (χ4v) is 5.96. The number of halogens is 1. The van der Waals surface area contributed by atoms with Crippen molar-refractivity contribution in [2.45, 2.75) is 65.7 Å². The molecule has 0 atom stereocenters. The Balaban J connectivity index is 0.00000100. The normalized spacial score (nSPS) is 15.7. The van der Waals surface area contributed by atoms with Crippen LogP contribution in [0.1, 0.15) is 76.2 Å². The van der Waals surface area contributed by atoms with Crippen molar-refractivity contribution in [1.82, 2.24) is 19.9 Å². The van der Waals surface area contributed by atoms with Gasteiger partial charge in [0.1, 0.15) is 17.0 Å². The highest BCUT2D eigenvalue weighted by molar-refractivity contribution is 7.81. The molecule has 0 unspecified atom stereocenters. The summed E-state index contributed by atoms with van der Waals surface area (Å²) in [7, 11) is 3.28. The zero-order valence-electron chi connectivity index (χ0n) is 23.7. The largest absolute Gasteiger partial charge is 0.372 e. The SMILES string of the molecule is CC.CCc1nc(C(=N)c2ccc3ncc(NC)nc3c2Cl)c(NS)nc1N1CCC2(CCCC2)CC1.CN. The molecule has 0 radical (unpaired) electrons. The second kappa shape index (κ2) is 14.1. The minimum absolute atomic E-state index is 0.169. The second-order valence-corrected chi connectivity index (χ2v) is 10.1. The summed E-state index contributed by atoms with van der Waals surface area (Å²) in [6.07, 6.45) is 10.2. The van der Waals surface area contributed by atoms with Crippen molar-refractivity contribution in [3.63, 3.8) is 0 Å². The Kier molecular flexibility index (Phi) is 11.1. The molecular weight excluding hydrogens is 530 g/mol. The predicted molar refractivity (Wildman–Crippen MR) is 168 cm³/mol. The second-order valence-electron chi connectivity index (χ2n) is 9.53. The molecule has 1 aromatic carbocycles. The lowest BCUT2D eigenvalue weighted by molar-refractivity contribution is 0.226. The topological polar surface area (TPSA) is 129 Å². The van der Waals surface area contributed by atoms with E-state index in [0.717, 1.165) is 31.0 Å². The van der Waals surface area contributed by atoms with E-state index < -0.39 is 0 Å². The van der Waals surface area contributed by atoms with Crippen molar-refractivity contribution in [2.75, 3.05) is 42.1 Å². The smallest absolute Gasteiger partial charge is 0.166 e. The van der Waals surface area contributed by atoms with Crippen LogP contribution in [0.4, 0.5) is 17.5 Å². The Bertz CT molecular complexity index is 1270. The molecule has 212 valence electrons. The molecule has 1 aliphatic heterocycles. The monoisotopic (exact) mass is 571 g/mol. The molecule has 11 heteroatoms. The van der Waals surface area contributed by atoms with E-state index in [4.69, 9.17) is 27.0 Å². The van der Waals surface area contributed by atoms with Crippen LogP contribution in [0.15, 0.2) is 18.3 Å². The fraction of sp³-hybridized carbons (Fsp3) is 0.536. The van der Waals surface area contributed by atoms with Gasteiger partial charge in [-0.15, -0.1) is 0 Å². The summed E-state index contributed by atoms with van der Waals surface area (Å²) >= 11 is 11.0. The standard InChI is InChI=1S/C25H31ClN8S.C2H6.CH5N/c1-3-16-24(34-12-10-25(11-13-34)8-4-5-9-25)32-23(33-35)22(30-16)20(27)15-6-7-17-21(19(15)26)31-18(28-2)14-29-17;2*1-2/h6-7,14,27,35H,3-5,8-13H2,1-2H3,(H,28,31)(H,32,33);1-2H3;2H2,1H3. The van der Waals surface area contributed by atoms with Crippen molar-refractivity contribution in [1.29, 1.82) is 5.41 Å². The fourth-order valence-electron chi connectivity index (χ4n) is 5.51. The molecule has 1 saturated heterocycles. The summed E-state index contributed by atoms with van der Waals surface area (Å²) in [6.45, 7) is 8.07. The molecule has 2 fully saturated rings. The molecule has 39 heavy (non-hydrogen) atoms. The van der Waals surface area contributed by atoms with E-state index in [9.17, 15) is 0 Å². The van der Waals surface area contributed by atoms with Crippen LogP contribution in [0.3, 0.4) is 0 Å². The van der Waals surface area contributed by atoms with Crippen molar-refractivity contribution in [3.05, 3.63) is 40.3 Å². The van der Waals surface area contributed by atoms with Crippen molar-refractivity contribution < 1.29 is 0 Å². The number of nitrogens with one attached hydrogen (secondary N) is 3. The number of anilines is 3. The molecule has 5 N–H and O–H groups in total. The molecule has 1 spiro atoms. The summed E-state index contributed by atoms with van der Waals surface area (Å²) in [5, 5.41) is 12.3. The third kappa shape index (κ3) is 6.39. The molecule has 3 aromatic rings. The van der Waals surface area contributed by atoms with Crippen molar-refractivity contribution >= 4 is 58.6 Å². The zero-order chi connectivity index (χ0) is 28.6. The van der Waals surface area contributed by atoms with Gasteiger partial charge < -0.3 is 20.7 Å². The summed E-state index contributed by atoms with van der Waals surface area (Å²) < 4.78 is 2.87. The maximum absolute atomic E-state index is 8.99. The first-order valence-electron chi connectivity index (χ1n) is 13.8. The summed E-state index contributed by atoms with van der Waals surface area (Å²) in [5.74, 6) is 1.96. The van der Waals surface area contributed by atoms with Crippen LogP contribution in [0.5, 0.6) is 0 Å². The highest BCUT2D eigenvalue weighted by atomic mass is 35.5. The number of hydrogen-bond donors (Lipinski definition) is 5. The average molecular weight is 572 g/mol. The highest BCUT2D eigenvalue weighted by Gasteiger charge is 2.37.